The molecule has 0 unspecified atom stereocenters. The summed E-state index contributed by atoms with van der Waals surface area (Å²) in [6.45, 7) is 5.68. The minimum absolute atomic E-state index is 0.519. The van der Waals surface area contributed by atoms with E-state index in [2.05, 4.69) is 24.1 Å². The number of hydrogen-bond donors (Lipinski definition) is 1. The number of carbonyl (C=O) groups excluding carboxylic acids is 1. The Labute approximate surface area is 95.9 Å². The number of hydrogen-bond acceptors (Lipinski definition) is 4. The molecule has 0 atom stereocenters. The van der Waals surface area contributed by atoms with Gasteiger partial charge in [0.15, 0.2) is 6.29 Å². The van der Waals surface area contributed by atoms with E-state index < -0.39 is 0 Å². The second-order valence-corrected chi connectivity index (χ2v) is 4.39. The fourth-order valence-corrected chi connectivity index (χ4v) is 1.47. The summed E-state index contributed by atoms with van der Waals surface area (Å²) in [4.78, 5) is 13.5. The van der Waals surface area contributed by atoms with Crippen LogP contribution < -0.4 is 5.32 Å². The molecule has 0 aromatic carbocycles. The topological polar surface area (TPSA) is 42.0 Å². The van der Waals surface area contributed by atoms with Crippen LogP contribution in [0.15, 0.2) is 10.9 Å². The van der Waals surface area contributed by atoms with Crippen LogP contribution >= 0.6 is 11.3 Å². The second-order valence-electron chi connectivity index (χ2n) is 3.67. The highest BCUT2D eigenvalue weighted by molar-refractivity contribution is 7.07. The largest absolute Gasteiger partial charge is 0.320 e. The van der Waals surface area contributed by atoms with E-state index in [4.69, 9.17) is 0 Å². The van der Waals surface area contributed by atoms with Crippen LogP contribution in [0.25, 0.3) is 0 Å². The van der Waals surface area contributed by atoms with Gasteiger partial charge in [0.25, 0.3) is 0 Å². The molecule has 0 saturated heterocycles. The Morgan fingerprint density at radius 1 is 1.60 bits per heavy atom. The van der Waals surface area contributed by atoms with E-state index in [1.807, 2.05) is 7.05 Å². The monoisotopic (exact) mass is 228 g/mol. The molecule has 0 bridgehead atoms. The molecule has 0 amide bonds. The number of nitrogens with one attached hydrogen (secondary N) is 1. The Bertz CT molecular complexity index is 235. The van der Waals surface area contributed by atoms with E-state index in [1.165, 1.54) is 24.2 Å². The molecule has 0 aliphatic carbocycles. The summed E-state index contributed by atoms with van der Waals surface area (Å²) < 4.78 is 0. The lowest BCUT2D eigenvalue weighted by Gasteiger charge is -2.01. The standard InChI is InChI=1S/C7H17N.C4H3NOS/c1-7(2)5-4-6-8-3;6-1-4-2-7-3-5-4/h7-8H,4-6H2,1-3H3;1-3H. The van der Waals surface area contributed by atoms with Crippen LogP contribution in [0.5, 0.6) is 0 Å². The van der Waals surface area contributed by atoms with Crippen molar-refractivity contribution in [1.82, 2.24) is 10.3 Å². The molecule has 0 aliphatic heterocycles. The van der Waals surface area contributed by atoms with Crippen LogP contribution in [-0.4, -0.2) is 24.9 Å². The molecule has 0 aliphatic rings. The number of nitrogens with zero attached hydrogens (tertiary/aromatic N) is 1. The predicted molar refractivity (Wildman–Crippen MR) is 65.5 cm³/mol. The molecule has 3 nitrogen and oxygen atoms in total. The van der Waals surface area contributed by atoms with Gasteiger partial charge in [-0.3, -0.25) is 4.79 Å². The second kappa shape index (κ2) is 9.80. The quantitative estimate of drug-likeness (QED) is 0.622. The van der Waals surface area contributed by atoms with E-state index in [-0.39, 0.29) is 0 Å². The van der Waals surface area contributed by atoms with Gasteiger partial charge in [0.1, 0.15) is 5.69 Å². The van der Waals surface area contributed by atoms with Crippen molar-refractivity contribution in [3.05, 3.63) is 16.6 Å². The zero-order valence-corrected chi connectivity index (χ0v) is 10.5. The van der Waals surface area contributed by atoms with Gasteiger partial charge in [0.05, 0.1) is 5.51 Å². The fourth-order valence-electron chi connectivity index (χ4n) is 0.967. The van der Waals surface area contributed by atoms with E-state index in [1.54, 1.807) is 10.9 Å². The van der Waals surface area contributed by atoms with Crippen LogP contribution in [-0.2, 0) is 0 Å². The lowest BCUT2D eigenvalue weighted by Crippen LogP contribution is -2.08. The first kappa shape index (κ1) is 14.3. The minimum atomic E-state index is 0.519. The predicted octanol–water partition coefficient (Wildman–Crippen LogP) is 2.60. The van der Waals surface area contributed by atoms with Crippen LogP contribution in [0.2, 0.25) is 0 Å². The summed E-state index contributed by atoms with van der Waals surface area (Å²) in [5.41, 5.74) is 2.15. The summed E-state index contributed by atoms with van der Waals surface area (Å²) >= 11 is 1.42. The van der Waals surface area contributed by atoms with Crippen molar-refractivity contribution in [3.63, 3.8) is 0 Å². The van der Waals surface area contributed by atoms with Crippen molar-refractivity contribution in [1.29, 1.82) is 0 Å². The van der Waals surface area contributed by atoms with Gasteiger partial charge in [-0.25, -0.2) is 4.98 Å². The number of rotatable bonds is 5. The third-order valence-electron chi connectivity index (χ3n) is 1.78. The van der Waals surface area contributed by atoms with Gasteiger partial charge >= 0.3 is 0 Å². The van der Waals surface area contributed by atoms with Crippen molar-refractivity contribution in [2.24, 2.45) is 5.92 Å². The number of thiazole rings is 1. The lowest BCUT2D eigenvalue weighted by molar-refractivity contribution is 0.111. The van der Waals surface area contributed by atoms with Gasteiger partial charge in [0, 0.05) is 5.38 Å². The van der Waals surface area contributed by atoms with Crippen molar-refractivity contribution in [2.45, 2.75) is 26.7 Å². The van der Waals surface area contributed by atoms with Gasteiger partial charge < -0.3 is 5.32 Å². The highest BCUT2D eigenvalue weighted by Gasteiger charge is 1.90. The highest BCUT2D eigenvalue weighted by Crippen LogP contribution is 2.01. The third kappa shape index (κ3) is 9.56. The molecule has 1 rings (SSSR count). The summed E-state index contributed by atoms with van der Waals surface area (Å²) in [7, 11) is 2.00. The van der Waals surface area contributed by atoms with E-state index >= 15 is 0 Å². The lowest BCUT2D eigenvalue weighted by atomic mass is 10.1. The smallest absolute Gasteiger partial charge is 0.169 e. The number of aromatic nitrogens is 1. The third-order valence-corrected chi connectivity index (χ3v) is 2.39. The molecule has 0 fully saturated rings. The Morgan fingerprint density at radius 2 is 2.33 bits per heavy atom. The SMILES string of the molecule is CNCCCC(C)C.O=Cc1cscn1. The highest BCUT2D eigenvalue weighted by atomic mass is 32.1. The molecular weight excluding hydrogens is 208 g/mol. The molecule has 1 heterocycles. The molecule has 0 spiro atoms. The first-order valence-electron chi connectivity index (χ1n) is 5.18. The van der Waals surface area contributed by atoms with Crippen LogP contribution in [0.3, 0.4) is 0 Å². The van der Waals surface area contributed by atoms with Crippen molar-refractivity contribution < 1.29 is 4.79 Å². The van der Waals surface area contributed by atoms with Gasteiger partial charge in [0.2, 0.25) is 0 Å². The van der Waals surface area contributed by atoms with Gasteiger partial charge in [-0.1, -0.05) is 13.8 Å². The molecule has 1 aromatic rings. The summed E-state index contributed by atoms with van der Waals surface area (Å²) in [5, 5.41) is 4.82. The van der Waals surface area contributed by atoms with Gasteiger partial charge in [-0.05, 0) is 32.4 Å². The Balaban J connectivity index is 0.000000262. The average molecular weight is 228 g/mol. The summed E-state index contributed by atoms with van der Waals surface area (Å²) in [6.07, 6.45) is 3.39. The fraction of sp³-hybridized carbons (Fsp3) is 0.636. The van der Waals surface area contributed by atoms with Gasteiger partial charge in [-0.15, -0.1) is 11.3 Å². The van der Waals surface area contributed by atoms with Crippen LogP contribution in [0, 0.1) is 5.92 Å². The maximum absolute atomic E-state index is 9.81. The summed E-state index contributed by atoms with van der Waals surface area (Å²) in [6, 6.07) is 0. The molecule has 1 N–H and O–H groups in total. The Morgan fingerprint density at radius 3 is 2.67 bits per heavy atom. The maximum atomic E-state index is 9.81. The zero-order valence-electron chi connectivity index (χ0n) is 9.69. The molecule has 0 radical (unpaired) electrons. The van der Waals surface area contributed by atoms with Crippen molar-refractivity contribution >= 4 is 17.6 Å². The maximum Gasteiger partial charge on any atom is 0.169 e. The Hall–Kier alpha value is -0.740. The van der Waals surface area contributed by atoms with Crippen LogP contribution in [0.4, 0.5) is 0 Å². The Kier molecular flexibility index (Phi) is 9.32. The molecule has 4 heteroatoms. The molecule has 86 valence electrons. The van der Waals surface area contributed by atoms with Gasteiger partial charge in [-0.2, -0.15) is 0 Å². The van der Waals surface area contributed by atoms with Crippen LogP contribution in [0.1, 0.15) is 37.2 Å². The van der Waals surface area contributed by atoms with E-state index in [9.17, 15) is 4.79 Å². The van der Waals surface area contributed by atoms with E-state index in [0.29, 0.717) is 5.69 Å². The number of carbonyl (C=O) groups is 1. The zero-order chi connectivity index (χ0) is 11.5. The first-order chi connectivity index (χ1) is 7.20. The van der Waals surface area contributed by atoms with Crippen molar-refractivity contribution in [2.75, 3.05) is 13.6 Å². The molecule has 0 saturated carbocycles. The van der Waals surface area contributed by atoms with E-state index in [0.717, 1.165) is 18.7 Å². The van der Waals surface area contributed by atoms with Crippen molar-refractivity contribution in [3.8, 4) is 0 Å². The minimum Gasteiger partial charge on any atom is -0.320 e. The molecule has 15 heavy (non-hydrogen) atoms. The first-order valence-corrected chi connectivity index (χ1v) is 6.13. The number of aldehydes is 1. The summed E-state index contributed by atoms with van der Waals surface area (Å²) in [5.74, 6) is 0.864. The molecular formula is C11H20N2OS. The normalized spacial score (nSPS) is 9.60. The average Bonchev–Trinajstić information content (AvgIpc) is 2.71. The molecule has 1 aromatic heterocycles.